The molecule has 0 aliphatic carbocycles. The van der Waals surface area contributed by atoms with Gasteiger partial charge in [-0.05, 0) is 49.2 Å². The molecule has 1 amide bonds. The first-order valence-electron chi connectivity index (χ1n) is 9.88. The third-order valence-electron chi connectivity index (χ3n) is 5.64. The topological polar surface area (TPSA) is 77.1 Å². The van der Waals surface area contributed by atoms with E-state index in [-0.39, 0.29) is 11.8 Å². The molecule has 1 atom stereocenters. The number of carbonyl (C=O) groups is 1. The fourth-order valence-corrected chi connectivity index (χ4v) is 4.24. The lowest BCUT2D eigenvalue weighted by Gasteiger charge is -2.31. The Hall–Kier alpha value is -3.19. The molecule has 4 heterocycles. The molecule has 5 rings (SSSR count). The minimum atomic E-state index is 0.00141. The number of rotatable bonds is 3. The van der Waals surface area contributed by atoms with Crippen LogP contribution < -0.4 is 0 Å². The summed E-state index contributed by atoms with van der Waals surface area (Å²) in [6.07, 6.45) is 5.20. The van der Waals surface area contributed by atoms with Crippen molar-refractivity contribution in [3.05, 3.63) is 65.4 Å². The number of hydrogen-bond donors (Lipinski definition) is 0. The van der Waals surface area contributed by atoms with Crippen LogP contribution in [0.15, 0.2) is 53.3 Å². The molecule has 0 radical (unpaired) electrons. The quantitative estimate of drug-likeness (QED) is 0.493. The van der Waals surface area contributed by atoms with Crippen LogP contribution in [-0.4, -0.2) is 43.6 Å². The van der Waals surface area contributed by atoms with Gasteiger partial charge in [0, 0.05) is 54.0 Å². The van der Waals surface area contributed by atoms with E-state index < -0.39 is 0 Å². The van der Waals surface area contributed by atoms with Crippen LogP contribution in [0.4, 0.5) is 0 Å². The molecule has 0 bridgehead atoms. The molecule has 0 spiro atoms. The molecule has 1 unspecified atom stereocenters. The van der Waals surface area contributed by atoms with Gasteiger partial charge in [-0.15, -0.1) is 0 Å². The zero-order valence-corrected chi connectivity index (χ0v) is 17.2. The van der Waals surface area contributed by atoms with Crippen molar-refractivity contribution in [2.75, 3.05) is 13.1 Å². The monoisotopic (exact) mass is 421 g/mol. The van der Waals surface area contributed by atoms with Crippen molar-refractivity contribution in [3.8, 4) is 11.4 Å². The van der Waals surface area contributed by atoms with Gasteiger partial charge in [-0.1, -0.05) is 16.8 Å². The lowest BCUT2D eigenvalue weighted by atomic mass is 9.97. The first-order valence-corrected chi connectivity index (χ1v) is 10.3. The maximum absolute atomic E-state index is 13.3. The fraction of sp³-hybridized carbons (Fsp3) is 0.273. The normalized spacial score (nSPS) is 16.9. The SMILES string of the molecule is Cn1c(C(=O)N2CCCC(c3nc(-c4cccnc4)no3)C2)cc2cc(Cl)ccc21. The molecule has 30 heavy (non-hydrogen) atoms. The third-order valence-corrected chi connectivity index (χ3v) is 5.88. The maximum atomic E-state index is 13.3. The third kappa shape index (κ3) is 3.35. The number of halogens is 1. The number of amides is 1. The van der Waals surface area contributed by atoms with Gasteiger partial charge in [0.2, 0.25) is 11.7 Å². The summed E-state index contributed by atoms with van der Waals surface area (Å²) in [7, 11) is 1.91. The fourth-order valence-electron chi connectivity index (χ4n) is 4.06. The molecular formula is C22H20ClN5O2. The van der Waals surface area contributed by atoms with Crippen LogP contribution in [-0.2, 0) is 7.05 Å². The van der Waals surface area contributed by atoms with Gasteiger partial charge in [-0.2, -0.15) is 4.98 Å². The van der Waals surface area contributed by atoms with Crippen LogP contribution in [0.25, 0.3) is 22.3 Å². The molecule has 7 nitrogen and oxygen atoms in total. The molecule has 1 saturated heterocycles. The smallest absolute Gasteiger partial charge is 0.270 e. The lowest BCUT2D eigenvalue weighted by Crippen LogP contribution is -2.39. The Morgan fingerprint density at radius 3 is 3.00 bits per heavy atom. The molecule has 0 N–H and O–H groups in total. The summed E-state index contributed by atoms with van der Waals surface area (Å²) in [6, 6.07) is 11.3. The largest absolute Gasteiger partial charge is 0.340 e. The van der Waals surface area contributed by atoms with E-state index >= 15 is 0 Å². The predicted molar refractivity (Wildman–Crippen MR) is 113 cm³/mol. The van der Waals surface area contributed by atoms with E-state index in [0.29, 0.717) is 35.5 Å². The summed E-state index contributed by atoms with van der Waals surface area (Å²) >= 11 is 6.11. The van der Waals surface area contributed by atoms with E-state index in [1.54, 1.807) is 12.4 Å². The van der Waals surface area contributed by atoms with Crippen LogP contribution in [0.3, 0.4) is 0 Å². The number of aryl methyl sites for hydroxylation is 1. The molecule has 1 aromatic carbocycles. The van der Waals surface area contributed by atoms with Crippen molar-refractivity contribution in [2.24, 2.45) is 7.05 Å². The summed E-state index contributed by atoms with van der Waals surface area (Å²) in [6.45, 7) is 1.26. The molecule has 1 aliphatic heterocycles. The van der Waals surface area contributed by atoms with Gasteiger partial charge in [0.15, 0.2) is 0 Å². The van der Waals surface area contributed by atoms with E-state index in [2.05, 4.69) is 15.1 Å². The standard InChI is InChI=1S/C22H20ClN5O2/c1-27-18-7-6-17(23)10-16(18)11-19(27)22(29)28-9-3-5-15(13-28)21-25-20(26-30-21)14-4-2-8-24-12-14/h2,4,6-8,10-12,15H,3,5,9,13H2,1H3. The molecule has 152 valence electrons. The summed E-state index contributed by atoms with van der Waals surface area (Å²) in [5, 5.41) is 5.71. The number of aromatic nitrogens is 4. The van der Waals surface area contributed by atoms with Crippen molar-refractivity contribution in [2.45, 2.75) is 18.8 Å². The van der Waals surface area contributed by atoms with E-state index in [1.807, 2.05) is 52.9 Å². The predicted octanol–water partition coefficient (Wildman–Crippen LogP) is 4.30. The van der Waals surface area contributed by atoms with Crippen LogP contribution in [0.1, 0.15) is 35.1 Å². The number of carbonyl (C=O) groups excluding carboxylic acids is 1. The number of fused-ring (bicyclic) bond motifs is 1. The average Bonchev–Trinajstić information content (AvgIpc) is 3.39. The molecule has 1 aliphatic rings. The highest BCUT2D eigenvalue weighted by Crippen LogP contribution is 2.29. The molecular weight excluding hydrogens is 402 g/mol. The first-order chi connectivity index (χ1) is 14.6. The molecule has 4 aromatic rings. The number of benzene rings is 1. The van der Waals surface area contributed by atoms with Gasteiger partial charge in [0.1, 0.15) is 5.69 Å². The molecule has 8 heteroatoms. The highest BCUT2D eigenvalue weighted by atomic mass is 35.5. The Labute approximate surface area is 178 Å². The van der Waals surface area contributed by atoms with Crippen LogP contribution in [0.2, 0.25) is 5.02 Å². The minimum Gasteiger partial charge on any atom is -0.340 e. The molecule has 3 aromatic heterocycles. The first kappa shape index (κ1) is 18.8. The van der Waals surface area contributed by atoms with Gasteiger partial charge in [-0.25, -0.2) is 0 Å². The van der Waals surface area contributed by atoms with Crippen molar-refractivity contribution in [3.63, 3.8) is 0 Å². The van der Waals surface area contributed by atoms with Gasteiger partial charge < -0.3 is 14.0 Å². The maximum Gasteiger partial charge on any atom is 0.270 e. The average molecular weight is 422 g/mol. The molecule has 0 saturated carbocycles. The van der Waals surface area contributed by atoms with E-state index in [1.165, 1.54) is 0 Å². The number of piperidine rings is 1. The van der Waals surface area contributed by atoms with Crippen molar-refractivity contribution in [1.82, 2.24) is 24.6 Å². The van der Waals surface area contributed by atoms with Crippen LogP contribution >= 0.6 is 11.6 Å². The van der Waals surface area contributed by atoms with Crippen molar-refractivity contribution in [1.29, 1.82) is 0 Å². The zero-order valence-electron chi connectivity index (χ0n) is 16.5. The minimum absolute atomic E-state index is 0.00141. The van der Waals surface area contributed by atoms with Gasteiger partial charge >= 0.3 is 0 Å². The van der Waals surface area contributed by atoms with E-state index in [4.69, 9.17) is 16.1 Å². The highest BCUT2D eigenvalue weighted by molar-refractivity contribution is 6.31. The number of pyridine rings is 1. The van der Waals surface area contributed by atoms with Crippen molar-refractivity contribution >= 4 is 28.4 Å². The number of nitrogens with zero attached hydrogens (tertiary/aromatic N) is 5. The zero-order chi connectivity index (χ0) is 20.7. The van der Waals surface area contributed by atoms with E-state index in [0.717, 1.165) is 29.3 Å². The molecule has 1 fully saturated rings. The Kier molecular flexibility index (Phi) is 4.75. The van der Waals surface area contributed by atoms with Gasteiger partial charge in [0.25, 0.3) is 5.91 Å². The second kappa shape index (κ2) is 7.57. The lowest BCUT2D eigenvalue weighted by molar-refractivity contribution is 0.0686. The number of hydrogen-bond acceptors (Lipinski definition) is 5. The highest BCUT2D eigenvalue weighted by Gasteiger charge is 2.30. The summed E-state index contributed by atoms with van der Waals surface area (Å²) in [5.41, 5.74) is 2.44. The summed E-state index contributed by atoms with van der Waals surface area (Å²) < 4.78 is 7.45. The Morgan fingerprint density at radius 2 is 2.17 bits per heavy atom. The second-order valence-corrected chi connectivity index (χ2v) is 8.02. The van der Waals surface area contributed by atoms with Gasteiger partial charge in [0.05, 0.1) is 5.92 Å². The summed E-state index contributed by atoms with van der Waals surface area (Å²) in [4.78, 5) is 23.8. The van der Waals surface area contributed by atoms with Gasteiger partial charge in [-0.3, -0.25) is 9.78 Å². The van der Waals surface area contributed by atoms with E-state index in [9.17, 15) is 4.79 Å². The Morgan fingerprint density at radius 1 is 1.27 bits per heavy atom. The number of likely N-dealkylation sites (tertiary alicyclic amines) is 1. The Balaban J connectivity index is 1.38. The van der Waals surface area contributed by atoms with Crippen LogP contribution in [0.5, 0.6) is 0 Å². The van der Waals surface area contributed by atoms with Crippen molar-refractivity contribution < 1.29 is 9.32 Å². The Bertz CT molecular complexity index is 1220. The second-order valence-electron chi connectivity index (χ2n) is 7.58. The van der Waals surface area contributed by atoms with Crippen LogP contribution in [0, 0.1) is 0 Å². The summed E-state index contributed by atoms with van der Waals surface area (Å²) in [5.74, 6) is 1.11.